The fourth-order valence-electron chi connectivity index (χ4n) is 1.09. The number of nitrogens with zero attached hydrogens (tertiary/aromatic N) is 1. The van der Waals surface area contributed by atoms with Crippen molar-refractivity contribution in [2.24, 2.45) is 0 Å². The molecule has 16 heavy (non-hydrogen) atoms. The Morgan fingerprint density at radius 1 is 1.62 bits per heavy atom. The molecule has 1 unspecified atom stereocenters. The fraction of sp³-hybridized carbons (Fsp3) is 0.222. The molecule has 2 N–H and O–H groups in total. The summed E-state index contributed by atoms with van der Waals surface area (Å²) in [6.07, 6.45) is 0. The monoisotopic (exact) mass is 228 g/mol. The molecular formula is C9H9FN2O4. The second kappa shape index (κ2) is 4.56. The van der Waals surface area contributed by atoms with Crippen molar-refractivity contribution in [1.29, 1.82) is 0 Å². The molecule has 0 fully saturated rings. The highest BCUT2D eigenvalue weighted by Gasteiger charge is 2.21. The first-order valence-electron chi connectivity index (χ1n) is 4.35. The van der Waals surface area contributed by atoms with Crippen LogP contribution >= 0.6 is 0 Å². The van der Waals surface area contributed by atoms with Crippen LogP contribution in [0.15, 0.2) is 18.2 Å². The first-order chi connectivity index (χ1) is 7.43. The first kappa shape index (κ1) is 11.9. The zero-order valence-electron chi connectivity index (χ0n) is 8.31. The van der Waals surface area contributed by atoms with Crippen molar-refractivity contribution in [2.45, 2.75) is 13.0 Å². The minimum absolute atomic E-state index is 0.414. The number of nitrogens with one attached hydrogen (secondary N) is 1. The Morgan fingerprint density at radius 2 is 2.25 bits per heavy atom. The molecule has 0 spiro atoms. The first-order valence-corrected chi connectivity index (χ1v) is 4.35. The van der Waals surface area contributed by atoms with Crippen molar-refractivity contribution in [1.82, 2.24) is 0 Å². The highest BCUT2D eigenvalue weighted by Crippen LogP contribution is 2.27. The van der Waals surface area contributed by atoms with E-state index in [9.17, 15) is 19.3 Å². The van der Waals surface area contributed by atoms with Crippen LogP contribution in [-0.2, 0) is 4.79 Å². The number of para-hydroxylation sites is 1. The summed E-state index contributed by atoms with van der Waals surface area (Å²) in [6.45, 7) is 1.26. The number of carboxylic acid groups (broad SMARTS) is 1. The second-order valence-corrected chi connectivity index (χ2v) is 3.10. The van der Waals surface area contributed by atoms with Gasteiger partial charge in [-0.2, -0.15) is 0 Å². The van der Waals surface area contributed by atoms with Crippen molar-refractivity contribution < 1.29 is 19.2 Å². The van der Waals surface area contributed by atoms with E-state index in [0.29, 0.717) is 0 Å². The number of carbonyl (C=O) groups is 1. The predicted molar refractivity (Wildman–Crippen MR) is 53.8 cm³/mol. The van der Waals surface area contributed by atoms with Crippen molar-refractivity contribution in [2.75, 3.05) is 5.32 Å². The quantitative estimate of drug-likeness (QED) is 0.603. The maximum atomic E-state index is 13.3. The Balaban J connectivity index is 3.11. The average Bonchev–Trinajstić information content (AvgIpc) is 2.20. The molecule has 1 atom stereocenters. The van der Waals surface area contributed by atoms with Gasteiger partial charge in [-0.15, -0.1) is 0 Å². The number of aliphatic carboxylic acids is 1. The molecule has 0 aliphatic rings. The van der Waals surface area contributed by atoms with Gasteiger partial charge in [0.15, 0.2) is 5.82 Å². The van der Waals surface area contributed by atoms with E-state index in [1.807, 2.05) is 0 Å². The number of benzene rings is 1. The van der Waals surface area contributed by atoms with E-state index in [0.717, 1.165) is 12.1 Å². The van der Waals surface area contributed by atoms with E-state index in [4.69, 9.17) is 5.11 Å². The molecule has 0 aromatic heterocycles. The SMILES string of the molecule is CC(Nc1c(F)cccc1[N+](=O)[O-])C(=O)O. The van der Waals surface area contributed by atoms with Gasteiger partial charge in [-0.1, -0.05) is 6.07 Å². The molecule has 1 rings (SSSR count). The van der Waals surface area contributed by atoms with E-state index in [2.05, 4.69) is 5.32 Å². The van der Waals surface area contributed by atoms with E-state index >= 15 is 0 Å². The van der Waals surface area contributed by atoms with Crippen molar-refractivity contribution in [3.8, 4) is 0 Å². The standard InChI is InChI=1S/C9H9FN2O4/c1-5(9(13)14)11-8-6(10)3-2-4-7(8)12(15)16/h2-5,11H,1H3,(H,13,14). The molecule has 0 aliphatic carbocycles. The lowest BCUT2D eigenvalue weighted by atomic mass is 10.2. The van der Waals surface area contributed by atoms with Crippen molar-refractivity contribution in [3.63, 3.8) is 0 Å². The van der Waals surface area contributed by atoms with E-state index in [1.54, 1.807) is 0 Å². The summed E-state index contributed by atoms with van der Waals surface area (Å²) in [5.74, 6) is -2.08. The molecule has 6 nitrogen and oxygen atoms in total. The number of anilines is 1. The van der Waals surface area contributed by atoms with Gasteiger partial charge in [-0.05, 0) is 13.0 Å². The van der Waals surface area contributed by atoms with Gasteiger partial charge in [0.2, 0.25) is 0 Å². The van der Waals surface area contributed by atoms with Crippen LogP contribution in [0.25, 0.3) is 0 Å². The maximum absolute atomic E-state index is 13.3. The summed E-state index contributed by atoms with van der Waals surface area (Å²) in [5, 5.41) is 21.4. The number of rotatable bonds is 4. The van der Waals surface area contributed by atoms with Crippen molar-refractivity contribution >= 4 is 17.3 Å². The molecule has 0 bridgehead atoms. The van der Waals surface area contributed by atoms with Gasteiger partial charge >= 0.3 is 5.97 Å². The Morgan fingerprint density at radius 3 is 2.75 bits per heavy atom. The Kier molecular flexibility index (Phi) is 3.39. The van der Waals surface area contributed by atoms with E-state index in [1.165, 1.54) is 13.0 Å². The lowest BCUT2D eigenvalue weighted by Gasteiger charge is -2.11. The molecule has 0 saturated carbocycles. The van der Waals surface area contributed by atoms with Crippen molar-refractivity contribution in [3.05, 3.63) is 34.1 Å². The van der Waals surface area contributed by atoms with Gasteiger partial charge in [0, 0.05) is 6.07 Å². The fourth-order valence-corrected chi connectivity index (χ4v) is 1.09. The Labute approximate surface area is 89.9 Å². The predicted octanol–water partition coefficient (Wildman–Crippen LogP) is 1.62. The molecule has 1 aromatic rings. The normalized spacial score (nSPS) is 11.9. The third-order valence-corrected chi connectivity index (χ3v) is 1.92. The van der Waals surface area contributed by atoms with Gasteiger partial charge in [0.1, 0.15) is 11.7 Å². The summed E-state index contributed by atoms with van der Waals surface area (Å²) in [7, 11) is 0. The molecule has 0 heterocycles. The zero-order valence-corrected chi connectivity index (χ0v) is 8.31. The third-order valence-electron chi connectivity index (χ3n) is 1.92. The lowest BCUT2D eigenvalue weighted by Crippen LogP contribution is -2.26. The Hall–Kier alpha value is -2.18. The summed E-state index contributed by atoms with van der Waals surface area (Å²) in [6, 6.07) is 2.18. The Bertz CT molecular complexity index is 436. The largest absolute Gasteiger partial charge is 0.480 e. The van der Waals surface area contributed by atoms with Gasteiger partial charge in [-0.3, -0.25) is 14.9 Å². The highest BCUT2D eigenvalue weighted by atomic mass is 19.1. The number of nitro groups is 1. The number of halogens is 1. The number of hydrogen-bond donors (Lipinski definition) is 2. The minimum Gasteiger partial charge on any atom is -0.480 e. The van der Waals surface area contributed by atoms with Gasteiger partial charge in [0.25, 0.3) is 5.69 Å². The maximum Gasteiger partial charge on any atom is 0.325 e. The van der Waals surface area contributed by atoms with Crippen LogP contribution < -0.4 is 5.32 Å². The highest BCUT2D eigenvalue weighted by molar-refractivity contribution is 5.78. The van der Waals surface area contributed by atoms with E-state index in [-0.39, 0.29) is 0 Å². The summed E-state index contributed by atoms with van der Waals surface area (Å²) in [5.41, 5.74) is -0.907. The summed E-state index contributed by atoms with van der Waals surface area (Å²) >= 11 is 0. The zero-order chi connectivity index (χ0) is 12.3. The number of hydrogen-bond acceptors (Lipinski definition) is 4. The van der Waals surface area contributed by atoms with Crippen LogP contribution in [0, 0.1) is 15.9 Å². The number of carboxylic acids is 1. The van der Waals surface area contributed by atoms with E-state index < -0.39 is 34.1 Å². The van der Waals surface area contributed by atoms with Gasteiger partial charge in [0.05, 0.1) is 4.92 Å². The van der Waals surface area contributed by atoms with Crippen LogP contribution in [0.3, 0.4) is 0 Å². The van der Waals surface area contributed by atoms with Crippen LogP contribution in [0.1, 0.15) is 6.92 Å². The van der Waals surface area contributed by atoms with Crippen LogP contribution in [0.2, 0.25) is 0 Å². The molecular weight excluding hydrogens is 219 g/mol. The third kappa shape index (κ3) is 2.44. The lowest BCUT2D eigenvalue weighted by molar-refractivity contribution is -0.384. The molecule has 0 radical (unpaired) electrons. The second-order valence-electron chi connectivity index (χ2n) is 3.10. The molecule has 0 amide bonds. The van der Waals surface area contributed by atoms with Gasteiger partial charge in [-0.25, -0.2) is 4.39 Å². The van der Waals surface area contributed by atoms with Crippen LogP contribution in [0.5, 0.6) is 0 Å². The molecule has 7 heteroatoms. The average molecular weight is 228 g/mol. The summed E-state index contributed by atoms with van der Waals surface area (Å²) in [4.78, 5) is 20.3. The minimum atomic E-state index is -1.22. The summed E-state index contributed by atoms with van der Waals surface area (Å²) < 4.78 is 13.3. The van der Waals surface area contributed by atoms with Crippen LogP contribution in [0.4, 0.5) is 15.8 Å². The van der Waals surface area contributed by atoms with Crippen LogP contribution in [-0.4, -0.2) is 22.0 Å². The topological polar surface area (TPSA) is 92.5 Å². The molecule has 0 saturated heterocycles. The molecule has 86 valence electrons. The molecule has 1 aromatic carbocycles. The molecule has 0 aliphatic heterocycles. The number of nitro benzene ring substituents is 1. The van der Waals surface area contributed by atoms with Gasteiger partial charge < -0.3 is 10.4 Å². The smallest absolute Gasteiger partial charge is 0.325 e.